The first-order valence-corrected chi connectivity index (χ1v) is 10.9. The normalized spacial score (nSPS) is 11.0. The summed E-state index contributed by atoms with van der Waals surface area (Å²) < 4.78 is 11.2. The Labute approximate surface area is 198 Å². The molecule has 0 aliphatic carbocycles. The van der Waals surface area contributed by atoms with E-state index in [1.807, 2.05) is 72.8 Å². The van der Waals surface area contributed by atoms with Crippen molar-refractivity contribution in [3.05, 3.63) is 113 Å². The first-order valence-electron chi connectivity index (χ1n) is 10.9. The molecule has 4 aromatic rings. The minimum atomic E-state index is -0.442. The molecule has 1 amide bonds. The number of hydrogen-bond donors (Lipinski definition) is 1. The Balaban J connectivity index is 1.45. The molecule has 168 valence electrons. The highest BCUT2D eigenvalue weighted by molar-refractivity contribution is 6.01. The van der Waals surface area contributed by atoms with E-state index in [1.165, 1.54) is 5.39 Å². The summed E-state index contributed by atoms with van der Waals surface area (Å²) in [6, 6.07) is 31.1. The molecule has 0 heterocycles. The monoisotopic (exact) mass is 448 g/mol. The number of para-hydroxylation sites is 1. The number of nitrogens with zero attached hydrogens (tertiary/aromatic N) is 1. The molecule has 0 aromatic heterocycles. The van der Waals surface area contributed by atoms with Gasteiger partial charge in [-0.1, -0.05) is 66.7 Å². The first kappa shape index (κ1) is 22.6. The predicted octanol–water partition coefficient (Wildman–Crippen LogP) is 5.65. The van der Waals surface area contributed by atoms with Crippen LogP contribution >= 0.6 is 0 Å². The molecule has 0 aliphatic rings. The van der Waals surface area contributed by atoms with Crippen molar-refractivity contribution in [1.82, 2.24) is 5.32 Å². The molecule has 0 radical (unpaired) electrons. The lowest BCUT2D eigenvalue weighted by atomic mass is 10.1. The fourth-order valence-electron chi connectivity index (χ4n) is 3.55. The van der Waals surface area contributed by atoms with Gasteiger partial charge in [-0.25, -0.2) is 0 Å². The van der Waals surface area contributed by atoms with E-state index in [2.05, 4.69) is 29.6 Å². The van der Waals surface area contributed by atoms with Crippen molar-refractivity contribution in [1.29, 1.82) is 5.26 Å². The van der Waals surface area contributed by atoms with Crippen LogP contribution in [0.5, 0.6) is 11.5 Å². The summed E-state index contributed by atoms with van der Waals surface area (Å²) in [5, 5.41) is 14.7. The van der Waals surface area contributed by atoms with Gasteiger partial charge in [0, 0.05) is 12.1 Å². The number of methoxy groups -OCH3 is 1. The Morgan fingerprint density at radius 2 is 1.62 bits per heavy atom. The minimum absolute atomic E-state index is 0.00951. The van der Waals surface area contributed by atoms with Gasteiger partial charge in [0.1, 0.15) is 29.7 Å². The number of carbonyl (C=O) groups excluding carboxylic acids is 1. The zero-order valence-electron chi connectivity index (χ0n) is 18.8. The Bertz CT molecular complexity index is 1370. The fraction of sp³-hybridized carbons (Fsp3) is 0.103. The van der Waals surface area contributed by atoms with Crippen molar-refractivity contribution in [2.75, 3.05) is 7.11 Å². The molecule has 5 heteroatoms. The molecular formula is C29H24N2O3. The van der Waals surface area contributed by atoms with E-state index < -0.39 is 5.91 Å². The second-order valence-electron chi connectivity index (χ2n) is 7.71. The maximum atomic E-state index is 12.6. The summed E-state index contributed by atoms with van der Waals surface area (Å²) in [4.78, 5) is 12.6. The third kappa shape index (κ3) is 5.62. The number of hydrogen-bond acceptors (Lipinski definition) is 4. The highest BCUT2D eigenvalue weighted by Gasteiger charge is 2.11. The second-order valence-corrected chi connectivity index (χ2v) is 7.71. The van der Waals surface area contributed by atoms with Crippen LogP contribution in [0.25, 0.3) is 16.8 Å². The van der Waals surface area contributed by atoms with Crippen molar-refractivity contribution in [2.24, 2.45) is 0 Å². The van der Waals surface area contributed by atoms with Crippen molar-refractivity contribution in [3.8, 4) is 17.6 Å². The summed E-state index contributed by atoms with van der Waals surface area (Å²) in [5.74, 6) is 0.905. The molecule has 0 saturated carbocycles. The Morgan fingerprint density at radius 3 is 2.38 bits per heavy atom. The lowest BCUT2D eigenvalue weighted by Gasteiger charge is -2.11. The van der Waals surface area contributed by atoms with Crippen molar-refractivity contribution >= 4 is 22.8 Å². The molecule has 0 bridgehead atoms. The van der Waals surface area contributed by atoms with Crippen LogP contribution in [0, 0.1) is 11.3 Å². The minimum Gasteiger partial charge on any atom is -0.497 e. The van der Waals surface area contributed by atoms with Gasteiger partial charge < -0.3 is 14.8 Å². The summed E-state index contributed by atoms with van der Waals surface area (Å²) in [5.41, 5.74) is 2.62. The molecule has 0 saturated heterocycles. The van der Waals surface area contributed by atoms with Gasteiger partial charge in [0.15, 0.2) is 0 Å². The van der Waals surface area contributed by atoms with Crippen LogP contribution in [0.2, 0.25) is 0 Å². The number of amides is 1. The number of fused-ring (bicyclic) bond motifs is 1. The highest BCUT2D eigenvalue weighted by Crippen LogP contribution is 2.23. The summed E-state index contributed by atoms with van der Waals surface area (Å²) in [6.45, 7) is 0.684. The number of nitriles is 1. The van der Waals surface area contributed by atoms with Crippen LogP contribution in [0.15, 0.2) is 96.6 Å². The Kier molecular flexibility index (Phi) is 7.22. The van der Waals surface area contributed by atoms with E-state index in [0.717, 1.165) is 22.3 Å². The molecule has 34 heavy (non-hydrogen) atoms. The van der Waals surface area contributed by atoms with Crippen LogP contribution in [0.3, 0.4) is 0 Å². The van der Waals surface area contributed by atoms with Crippen LogP contribution in [-0.2, 0) is 17.9 Å². The van der Waals surface area contributed by atoms with Crippen molar-refractivity contribution in [2.45, 2.75) is 13.2 Å². The number of benzene rings is 4. The number of nitrogens with one attached hydrogen (secondary N) is 1. The van der Waals surface area contributed by atoms with E-state index in [-0.39, 0.29) is 5.57 Å². The van der Waals surface area contributed by atoms with Gasteiger partial charge in [0.2, 0.25) is 0 Å². The molecule has 1 N–H and O–H groups in total. The molecule has 0 atom stereocenters. The highest BCUT2D eigenvalue weighted by atomic mass is 16.5. The molecule has 0 fully saturated rings. The van der Waals surface area contributed by atoms with E-state index in [9.17, 15) is 10.1 Å². The third-order valence-electron chi connectivity index (χ3n) is 5.40. The Hall–Kier alpha value is -4.56. The summed E-state index contributed by atoms with van der Waals surface area (Å²) >= 11 is 0. The lowest BCUT2D eigenvalue weighted by molar-refractivity contribution is -0.117. The molecular weight excluding hydrogens is 424 g/mol. The molecule has 4 rings (SSSR count). The Morgan fingerprint density at radius 1 is 0.912 bits per heavy atom. The van der Waals surface area contributed by atoms with E-state index in [1.54, 1.807) is 13.2 Å². The average Bonchev–Trinajstić information content (AvgIpc) is 2.89. The van der Waals surface area contributed by atoms with Crippen molar-refractivity contribution < 1.29 is 14.3 Å². The van der Waals surface area contributed by atoms with Gasteiger partial charge in [-0.05, 0) is 52.2 Å². The zero-order chi connectivity index (χ0) is 23.8. The molecule has 0 spiro atoms. The van der Waals surface area contributed by atoms with E-state index in [4.69, 9.17) is 9.47 Å². The van der Waals surface area contributed by atoms with E-state index in [0.29, 0.717) is 24.5 Å². The summed E-state index contributed by atoms with van der Waals surface area (Å²) in [6.07, 6.45) is 1.55. The van der Waals surface area contributed by atoms with Gasteiger partial charge in [0.05, 0.1) is 7.11 Å². The zero-order valence-corrected chi connectivity index (χ0v) is 18.8. The topological polar surface area (TPSA) is 71.3 Å². The van der Waals surface area contributed by atoms with Crippen LogP contribution in [0.1, 0.15) is 16.7 Å². The van der Waals surface area contributed by atoms with Gasteiger partial charge in [-0.2, -0.15) is 5.26 Å². The predicted molar refractivity (Wildman–Crippen MR) is 133 cm³/mol. The smallest absolute Gasteiger partial charge is 0.262 e. The first-order chi connectivity index (χ1) is 16.7. The number of ether oxygens (including phenoxy) is 2. The van der Waals surface area contributed by atoms with Crippen LogP contribution in [0.4, 0.5) is 0 Å². The standard InChI is InChI=1S/C29H24N2O3/c1-33-27-14-11-21(12-15-27)19-31-29(32)26(18-30)17-25-8-4-5-9-28(25)34-20-22-10-13-23-6-2-3-7-24(23)16-22/h2-17H,19-20H2,1H3,(H,31,32)/b26-17-. The van der Waals surface area contributed by atoms with E-state index >= 15 is 0 Å². The lowest BCUT2D eigenvalue weighted by Crippen LogP contribution is -2.23. The molecule has 0 aliphatic heterocycles. The van der Waals surface area contributed by atoms with Crippen LogP contribution in [-0.4, -0.2) is 13.0 Å². The van der Waals surface area contributed by atoms with Crippen molar-refractivity contribution in [3.63, 3.8) is 0 Å². The number of rotatable bonds is 8. The average molecular weight is 449 g/mol. The van der Waals surface area contributed by atoms with Gasteiger partial charge in [-0.3, -0.25) is 4.79 Å². The maximum Gasteiger partial charge on any atom is 0.262 e. The van der Waals surface area contributed by atoms with Gasteiger partial charge in [-0.15, -0.1) is 0 Å². The molecule has 4 aromatic carbocycles. The maximum absolute atomic E-state index is 12.6. The quantitative estimate of drug-likeness (QED) is 0.279. The SMILES string of the molecule is COc1ccc(CNC(=O)/C(C#N)=C\c2ccccc2OCc2ccc3ccccc3c2)cc1. The molecule has 0 unspecified atom stereocenters. The van der Waals surface area contributed by atoms with Crippen LogP contribution < -0.4 is 14.8 Å². The molecule has 5 nitrogen and oxygen atoms in total. The third-order valence-corrected chi connectivity index (χ3v) is 5.40. The second kappa shape index (κ2) is 10.8. The fourth-order valence-corrected chi connectivity index (χ4v) is 3.55. The van der Waals surface area contributed by atoms with Gasteiger partial charge in [0.25, 0.3) is 5.91 Å². The number of carbonyl (C=O) groups is 1. The largest absolute Gasteiger partial charge is 0.497 e. The van der Waals surface area contributed by atoms with Gasteiger partial charge >= 0.3 is 0 Å². The summed E-state index contributed by atoms with van der Waals surface area (Å²) in [7, 11) is 1.60.